The van der Waals surface area contributed by atoms with Crippen LogP contribution in [0.3, 0.4) is 0 Å². The molecule has 0 fully saturated rings. The summed E-state index contributed by atoms with van der Waals surface area (Å²) in [5, 5.41) is 21.3. The Kier molecular flexibility index (Phi) is 4.77. The molecular formula is C11H13Cl2NO3. The summed E-state index contributed by atoms with van der Waals surface area (Å²) in [6, 6.07) is 4.73. The summed E-state index contributed by atoms with van der Waals surface area (Å²) < 4.78 is 0. The van der Waals surface area contributed by atoms with Gasteiger partial charge in [-0.05, 0) is 19.1 Å². The second kappa shape index (κ2) is 5.69. The van der Waals surface area contributed by atoms with E-state index in [1.807, 2.05) is 0 Å². The number of halogens is 2. The lowest BCUT2D eigenvalue weighted by molar-refractivity contribution is 0.00320. The third-order valence-electron chi connectivity index (χ3n) is 2.16. The first-order chi connectivity index (χ1) is 7.87. The molecule has 0 aliphatic rings. The Morgan fingerprint density at radius 2 is 1.94 bits per heavy atom. The zero-order valence-electron chi connectivity index (χ0n) is 9.20. The molecule has 1 aromatic rings. The monoisotopic (exact) mass is 277 g/mol. The molecular weight excluding hydrogens is 265 g/mol. The minimum Gasteiger partial charge on any atom is -0.393 e. The van der Waals surface area contributed by atoms with Gasteiger partial charge in [0.15, 0.2) is 0 Å². The number of amides is 1. The average Bonchev–Trinajstić information content (AvgIpc) is 2.26. The van der Waals surface area contributed by atoms with Crippen LogP contribution in [-0.2, 0) is 0 Å². The van der Waals surface area contributed by atoms with Crippen LogP contribution in [0.2, 0.25) is 10.0 Å². The quantitative estimate of drug-likeness (QED) is 0.781. The average molecular weight is 278 g/mol. The molecule has 1 unspecified atom stereocenters. The number of carbonyl (C=O) groups is 1. The first-order valence-corrected chi connectivity index (χ1v) is 5.68. The van der Waals surface area contributed by atoms with E-state index in [0.29, 0.717) is 0 Å². The Morgan fingerprint density at radius 3 is 2.41 bits per heavy atom. The highest BCUT2D eigenvalue weighted by atomic mass is 35.5. The molecule has 1 aromatic carbocycles. The predicted molar refractivity (Wildman–Crippen MR) is 66.5 cm³/mol. The molecule has 1 rings (SSSR count). The van der Waals surface area contributed by atoms with Crippen molar-refractivity contribution in [3.05, 3.63) is 33.8 Å². The molecule has 17 heavy (non-hydrogen) atoms. The number of rotatable bonds is 4. The molecule has 6 heteroatoms. The first-order valence-electron chi connectivity index (χ1n) is 4.93. The lowest BCUT2D eigenvalue weighted by atomic mass is 10.1. The van der Waals surface area contributed by atoms with E-state index in [1.165, 1.54) is 6.92 Å². The molecule has 0 saturated heterocycles. The molecule has 0 bridgehead atoms. The molecule has 0 heterocycles. The van der Waals surface area contributed by atoms with Crippen LogP contribution in [0.25, 0.3) is 0 Å². The van der Waals surface area contributed by atoms with E-state index < -0.39 is 18.1 Å². The third kappa shape index (κ3) is 3.85. The van der Waals surface area contributed by atoms with Crippen LogP contribution in [0.4, 0.5) is 0 Å². The maximum absolute atomic E-state index is 11.8. The summed E-state index contributed by atoms with van der Waals surface area (Å²) in [5.41, 5.74) is -1.21. The Morgan fingerprint density at radius 1 is 1.41 bits per heavy atom. The van der Waals surface area contributed by atoms with Gasteiger partial charge in [-0.3, -0.25) is 4.79 Å². The SMILES string of the molecule is CC(O)(CO)CNC(=O)c1c(Cl)cccc1Cl. The molecule has 0 saturated carbocycles. The van der Waals surface area contributed by atoms with E-state index in [1.54, 1.807) is 18.2 Å². The number of aliphatic hydroxyl groups is 2. The lowest BCUT2D eigenvalue weighted by Gasteiger charge is -2.20. The zero-order chi connectivity index (χ0) is 13.1. The van der Waals surface area contributed by atoms with Crippen molar-refractivity contribution in [1.29, 1.82) is 0 Å². The van der Waals surface area contributed by atoms with Gasteiger partial charge in [0.1, 0.15) is 5.60 Å². The van der Waals surface area contributed by atoms with Gasteiger partial charge in [0.25, 0.3) is 5.91 Å². The Hall–Kier alpha value is -0.810. The van der Waals surface area contributed by atoms with Gasteiger partial charge in [-0.15, -0.1) is 0 Å². The fourth-order valence-corrected chi connectivity index (χ4v) is 1.70. The molecule has 0 aliphatic carbocycles. The van der Waals surface area contributed by atoms with Gasteiger partial charge in [-0.25, -0.2) is 0 Å². The number of carbonyl (C=O) groups excluding carboxylic acids is 1. The fourth-order valence-electron chi connectivity index (χ4n) is 1.13. The number of hydrogen-bond donors (Lipinski definition) is 3. The van der Waals surface area contributed by atoms with Crippen molar-refractivity contribution < 1.29 is 15.0 Å². The van der Waals surface area contributed by atoms with E-state index in [4.69, 9.17) is 28.3 Å². The highest BCUT2D eigenvalue weighted by Crippen LogP contribution is 2.23. The maximum Gasteiger partial charge on any atom is 0.254 e. The summed E-state index contributed by atoms with van der Waals surface area (Å²) in [7, 11) is 0. The second-order valence-electron chi connectivity index (χ2n) is 3.93. The van der Waals surface area contributed by atoms with Crippen molar-refractivity contribution in [1.82, 2.24) is 5.32 Å². The molecule has 0 radical (unpaired) electrons. The summed E-state index contributed by atoms with van der Waals surface area (Å²) >= 11 is 11.7. The molecule has 3 N–H and O–H groups in total. The van der Waals surface area contributed by atoms with Crippen LogP contribution in [0.1, 0.15) is 17.3 Å². The van der Waals surface area contributed by atoms with Crippen molar-refractivity contribution in [3.63, 3.8) is 0 Å². The van der Waals surface area contributed by atoms with Crippen LogP contribution in [0.15, 0.2) is 18.2 Å². The summed E-state index contributed by atoms with van der Waals surface area (Å²) in [6.07, 6.45) is 0. The molecule has 4 nitrogen and oxygen atoms in total. The van der Waals surface area contributed by atoms with Gasteiger partial charge in [0.05, 0.1) is 22.2 Å². The largest absolute Gasteiger partial charge is 0.393 e. The van der Waals surface area contributed by atoms with Gasteiger partial charge in [0.2, 0.25) is 0 Å². The second-order valence-corrected chi connectivity index (χ2v) is 4.75. The van der Waals surface area contributed by atoms with Crippen LogP contribution in [0.5, 0.6) is 0 Å². The van der Waals surface area contributed by atoms with Gasteiger partial charge in [-0.2, -0.15) is 0 Å². The summed E-state index contributed by atoms with van der Waals surface area (Å²) in [6.45, 7) is 0.856. The number of benzene rings is 1. The molecule has 0 aliphatic heterocycles. The molecule has 1 atom stereocenters. The van der Waals surface area contributed by atoms with Crippen molar-refractivity contribution in [2.45, 2.75) is 12.5 Å². The number of nitrogens with one attached hydrogen (secondary N) is 1. The van der Waals surface area contributed by atoms with Gasteiger partial charge in [0, 0.05) is 6.54 Å². The normalized spacial score (nSPS) is 14.2. The van der Waals surface area contributed by atoms with Crippen LogP contribution >= 0.6 is 23.2 Å². The minimum atomic E-state index is -1.37. The van der Waals surface area contributed by atoms with E-state index in [2.05, 4.69) is 5.32 Å². The molecule has 94 valence electrons. The molecule has 1 amide bonds. The smallest absolute Gasteiger partial charge is 0.254 e. The van der Waals surface area contributed by atoms with Crippen molar-refractivity contribution >= 4 is 29.1 Å². The van der Waals surface area contributed by atoms with Crippen LogP contribution in [0, 0.1) is 0 Å². The topological polar surface area (TPSA) is 69.6 Å². The van der Waals surface area contributed by atoms with E-state index >= 15 is 0 Å². The van der Waals surface area contributed by atoms with Gasteiger partial charge >= 0.3 is 0 Å². The molecule has 0 spiro atoms. The van der Waals surface area contributed by atoms with Crippen molar-refractivity contribution in [2.24, 2.45) is 0 Å². The van der Waals surface area contributed by atoms with Crippen molar-refractivity contribution in [3.8, 4) is 0 Å². The summed E-state index contributed by atoms with van der Waals surface area (Å²) in [4.78, 5) is 11.8. The van der Waals surface area contributed by atoms with Crippen LogP contribution < -0.4 is 5.32 Å². The first kappa shape index (κ1) is 14.3. The Labute approximate surface area is 109 Å². The fraction of sp³-hybridized carbons (Fsp3) is 0.364. The highest BCUT2D eigenvalue weighted by Gasteiger charge is 2.21. The van der Waals surface area contributed by atoms with Gasteiger partial charge < -0.3 is 15.5 Å². The van der Waals surface area contributed by atoms with Gasteiger partial charge in [-0.1, -0.05) is 29.3 Å². The highest BCUT2D eigenvalue weighted by molar-refractivity contribution is 6.39. The van der Waals surface area contributed by atoms with E-state index in [9.17, 15) is 9.90 Å². The Bertz CT molecular complexity index is 401. The Balaban J connectivity index is 2.78. The van der Waals surface area contributed by atoms with E-state index in [-0.39, 0.29) is 22.2 Å². The number of hydrogen-bond acceptors (Lipinski definition) is 3. The standard InChI is InChI=1S/C11H13Cl2NO3/c1-11(17,6-15)5-14-10(16)9-7(12)3-2-4-8(9)13/h2-4,15,17H,5-6H2,1H3,(H,14,16). The van der Waals surface area contributed by atoms with Crippen LogP contribution in [-0.4, -0.2) is 34.9 Å². The third-order valence-corrected chi connectivity index (χ3v) is 2.79. The maximum atomic E-state index is 11.8. The van der Waals surface area contributed by atoms with E-state index in [0.717, 1.165) is 0 Å². The molecule has 0 aromatic heterocycles. The summed E-state index contributed by atoms with van der Waals surface area (Å²) in [5.74, 6) is -0.491. The predicted octanol–water partition coefficient (Wildman–Crippen LogP) is 1.47. The minimum absolute atomic E-state index is 0.0934. The zero-order valence-corrected chi connectivity index (χ0v) is 10.7. The number of aliphatic hydroxyl groups excluding tert-OH is 1. The van der Waals surface area contributed by atoms with Crippen molar-refractivity contribution in [2.75, 3.05) is 13.2 Å². The lowest BCUT2D eigenvalue weighted by Crippen LogP contribution is -2.43.